The third-order valence-corrected chi connectivity index (χ3v) is 4.34. The van der Waals surface area contributed by atoms with Gasteiger partial charge in [0.15, 0.2) is 0 Å². The molecule has 2 aliphatic rings. The molecule has 1 saturated heterocycles. The normalized spacial score (nSPS) is 25.0. The first-order valence-electron chi connectivity index (χ1n) is 7.32. The highest BCUT2D eigenvalue weighted by molar-refractivity contribution is 6.32. The lowest BCUT2D eigenvalue weighted by Crippen LogP contribution is -2.43. The molecular weight excluding hydrogens is 298 g/mol. The Kier molecular flexibility index (Phi) is 3.52. The molecular formula is C16H15N3O4. The molecule has 0 bridgehead atoms. The number of carbonyl (C=O) groups excluding carboxylic acids is 3. The van der Waals surface area contributed by atoms with E-state index in [2.05, 4.69) is 5.32 Å². The number of likely N-dealkylation sites (tertiary alicyclic amines) is 1. The van der Waals surface area contributed by atoms with Gasteiger partial charge in [-0.1, -0.05) is 18.2 Å². The lowest BCUT2D eigenvalue weighted by atomic mass is 9.80. The Morgan fingerprint density at radius 1 is 1.48 bits per heavy atom. The molecule has 3 rings (SSSR count). The van der Waals surface area contributed by atoms with Crippen molar-refractivity contribution in [3.63, 3.8) is 0 Å². The molecule has 0 unspecified atom stereocenters. The molecule has 23 heavy (non-hydrogen) atoms. The molecule has 0 aliphatic carbocycles. The second-order valence-corrected chi connectivity index (χ2v) is 5.58. The quantitative estimate of drug-likeness (QED) is 0.603. The molecule has 118 valence electrons. The Bertz CT molecular complexity index is 739. The number of nitrogens with zero attached hydrogens (tertiary/aromatic N) is 2. The van der Waals surface area contributed by atoms with Gasteiger partial charge in [-0.05, 0) is 18.6 Å². The first kappa shape index (κ1) is 15.0. The number of benzene rings is 1. The lowest BCUT2D eigenvalue weighted by molar-refractivity contribution is -0.160. The summed E-state index contributed by atoms with van der Waals surface area (Å²) in [4.78, 5) is 37.6. The van der Waals surface area contributed by atoms with Crippen molar-refractivity contribution >= 4 is 23.5 Å². The second kappa shape index (κ2) is 5.39. The van der Waals surface area contributed by atoms with Crippen LogP contribution in [0.2, 0.25) is 0 Å². The Balaban J connectivity index is 1.96. The maximum absolute atomic E-state index is 12.5. The van der Waals surface area contributed by atoms with E-state index < -0.39 is 23.3 Å². The minimum Gasteiger partial charge on any atom is -0.459 e. The van der Waals surface area contributed by atoms with Gasteiger partial charge in [-0.15, -0.1) is 0 Å². The van der Waals surface area contributed by atoms with Crippen LogP contribution in [0, 0.1) is 11.3 Å². The smallest absolute Gasteiger partial charge is 0.397 e. The summed E-state index contributed by atoms with van der Waals surface area (Å²) < 4.78 is 4.72. The SMILES string of the molecule is CCOC(=O)C(=O)N1C[C@]2(C[C@H]1C#N)C(=O)Nc1ccccc12. The number of esters is 1. The van der Waals surface area contributed by atoms with E-state index in [1.807, 2.05) is 6.07 Å². The number of para-hydroxylation sites is 1. The highest BCUT2D eigenvalue weighted by Crippen LogP contribution is 2.46. The van der Waals surface area contributed by atoms with Crippen molar-refractivity contribution < 1.29 is 19.1 Å². The molecule has 7 nitrogen and oxygen atoms in total. The molecule has 2 aliphatic heterocycles. The molecule has 1 aromatic carbocycles. The van der Waals surface area contributed by atoms with Crippen molar-refractivity contribution in [3.05, 3.63) is 29.8 Å². The van der Waals surface area contributed by atoms with Crippen LogP contribution in [0.25, 0.3) is 0 Å². The molecule has 1 N–H and O–H groups in total. The zero-order chi connectivity index (χ0) is 16.6. The Morgan fingerprint density at radius 2 is 2.22 bits per heavy atom. The predicted molar refractivity (Wildman–Crippen MR) is 79.1 cm³/mol. The van der Waals surface area contributed by atoms with Crippen molar-refractivity contribution in [2.45, 2.75) is 24.8 Å². The van der Waals surface area contributed by atoms with Crippen LogP contribution >= 0.6 is 0 Å². The molecule has 1 fully saturated rings. The van der Waals surface area contributed by atoms with Crippen LogP contribution in [0.4, 0.5) is 5.69 Å². The first-order valence-corrected chi connectivity index (χ1v) is 7.32. The van der Waals surface area contributed by atoms with Crippen LogP contribution in [-0.4, -0.2) is 41.9 Å². The van der Waals surface area contributed by atoms with Crippen molar-refractivity contribution in [3.8, 4) is 6.07 Å². The number of fused-ring (bicyclic) bond motifs is 2. The number of amides is 2. The number of hydrogen-bond donors (Lipinski definition) is 1. The number of hydrogen-bond acceptors (Lipinski definition) is 5. The monoisotopic (exact) mass is 313 g/mol. The van der Waals surface area contributed by atoms with Crippen molar-refractivity contribution in [2.24, 2.45) is 0 Å². The van der Waals surface area contributed by atoms with E-state index >= 15 is 0 Å². The summed E-state index contributed by atoms with van der Waals surface area (Å²) in [5, 5.41) is 12.1. The molecule has 0 radical (unpaired) electrons. The number of rotatable bonds is 1. The maximum Gasteiger partial charge on any atom is 0.397 e. The number of nitrogens with one attached hydrogen (secondary N) is 1. The highest BCUT2D eigenvalue weighted by Gasteiger charge is 2.56. The van der Waals surface area contributed by atoms with E-state index in [0.717, 1.165) is 10.5 Å². The molecule has 7 heteroatoms. The van der Waals surface area contributed by atoms with Gasteiger partial charge < -0.3 is 15.0 Å². The average molecular weight is 313 g/mol. The summed E-state index contributed by atoms with van der Waals surface area (Å²) in [6.07, 6.45) is 0.164. The summed E-state index contributed by atoms with van der Waals surface area (Å²) in [6.45, 7) is 1.66. The number of anilines is 1. The fourth-order valence-corrected chi connectivity index (χ4v) is 3.28. The maximum atomic E-state index is 12.5. The topological polar surface area (TPSA) is 99.5 Å². The zero-order valence-corrected chi connectivity index (χ0v) is 12.5. The van der Waals surface area contributed by atoms with E-state index in [1.54, 1.807) is 31.2 Å². The number of carbonyl (C=O) groups is 3. The van der Waals surface area contributed by atoms with Crippen molar-refractivity contribution in [2.75, 3.05) is 18.5 Å². The minimum absolute atomic E-state index is 0.00821. The van der Waals surface area contributed by atoms with Gasteiger partial charge in [0.2, 0.25) is 5.91 Å². The molecule has 2 amide bonds. The van der Waals surface area contributed by atoms with Crippen LogP contribution in [0.1, 0.15) is 18.9 Å². The molecule has 1 spiro atoms. The minimum atomic E-state index is -1.00. The number of nitriles is 1. The Hall–Kier alpha value is -2.88. The van der Waals surface area contributed by atoms with Gasteiger partial charge in [0.05, 0.1) is 18.1 Å². The standard InChI is InChI=1S/C16H15N3O4/c1-2-23-14(21)13(20)19-9-16(7-10(19)8-17)11-5-3-4-6-12(11)18-15(16)22/h3-6,10H,2,7,9H2,1H3,(H,18,22)/t10-,16-/m0/s1. The predicted octanol–water partition coefficient (Wildman–Crippen LogP) is 0.564. The van der Waals surface area contributed by atoms with E-state index in [1.165, 1.54) is 0 Å². The second-order valence-electron chi connectivity index (χ2n) is 5.58. The zero-order valence-electron chi connectivity index (χ0n) is 12.5. The van der Waals surface area contributed by atoms with Gasteiger partial charge in [0.1, 0.15) is 6.04 Å². The fourth-order valence-electron chi connectivity index (χ4n) is 3.28. The third kappa shape index (κ3) is 2.14. The van der Waals surface area contributed by atoms with Crippen molar-refractivity contribution in [1.29, 1.82) is 5.26 Å². The van der Waals surface area contributed by atoms with Crippen LogP contribution in [0.3, 0.4) is 0 Å². The van der Waals surface area contributed by atoms with Gasteiger partial charge >= 0.3 is 11.9 Å². The van der Waals surface area contributed by atoms with Gasteiger partial charge in [0, 0.05) is 18.7 Å². The largest absolute Gasteiger partial charge is 0.459 e. The van der Waals surface area contributed by atoms with Crippen molar-refractivity contribution in [1.82, 2.24) is 4.90 Å². The summed E-state index contributed by atoms with van der Waals surface area (Å²) >= 11 is 0. The summed E-state index contributed by atoms with van der Waals surface area (Å²) in [5.41, 5.74) is 0.447. The molecule has 1 aromatic rings. The molecule has 2 atom stereocenters. The lowest BCUT2D eigenvalue weighted by Gasteiger charge is -2.22. The third-order valence-electron chi connectivity index (χ3n) is 4.34. The van der Waals surface area contributed by atoms with Crippen LogP contribution in [0.5, 0.6) is 0 Å². The van der Waals surface area contributed by atoms with Crippen LogP contribution in [-0.2, 0) is 24.5 Å². The summed E-state index contributed by atoms with van der Waals surface area (Å²) in [6, 6.07) is 8.36. The molecule has 2 heterocycles. The van der Waals surface area contributed by atoms with E-state index in [0.29, 0.717) is 5.69 Å². The molecule has 0 aromatic heterocycles. The van der Waals surface area contributed by atoms with Crippen LogP contribution < -0.4 is 5.32 Å². The molecule has 0 saturated carbocycles. The summed E-state index contributed by atoms with van der Waals surface area (Å²) in [7, 11) is 0. The van der Waals surface area contributed by atoms with E-state index in [9.17, 15) is 19.6 Å². The van der Waals surface area contributed by atoms with E-state index in [4.69, 9.17) is 4.74 Å². The van der Waals surface area contributed by atoms with Crippen LogP contribution in [0.15, 0.2) is 24.3 Å². The first-order chi connectivity index (χ1) is 11.0. The average Bonchev–Trinajstić information content (AvgIpc) is 3.07. The highest BCUT2D eigenvalue weighted by atomic mass is 16.5. The van der Waals surface area contributed by atoms with Gasteiger partial charge in [-0.3, -0.25) is 9.59 Å². The van der Waals surface area contributed by atoms with E-state index in [-0.39, 0.29) is 25.5 Å². The fraction of sp³-hybridized carbons (Fsp3) is 0.375. The van der Waals surface area contributed by atoms with Gasteiger partial charge in [-0.25, -0.2) is 4.79 Å². The van der Waals surface area contributed by atoms with Gasteiger partial charge in [-0.2, -0.15) is 5.26 Å². The number of ether oxygens (including phenoxy) is 1. The summed E-state index contributed by atoms with van der Waals surface area (Å²) in [5.74, 6) is -2.14. The Morgan fingerprint density at radius 3 is 2.91 bits per heavy atom. The Labute approximate surface area is 132 Å². The van der Waals surface area contributed by atoms with Gasteiger partial charge in [0.25, 0.3) is 0 Å².